The molecule has 6 heteroatoms. The molecule has 0 aliphatic rings. The summed E-state index contributed by atoms with van der Waals surface area (Å²) in [6, 6.07) is 14.2. The van der Waals surface area contributed by atoms with Crippen LogP contribution in [0.5, 0.6) is 0 Å². The standard InChI is InChI=1S/C14H12N4O2/c19-18(20)12-7-5-11(6-8-12)15-9-17-10-16-13-3-1-2-4-14(13)17/h1-8,10,15H,9H2. The third-order valence-electron chi connectivity index (χ3n) is 3.06. The molecule has 0 saturated heterocycles. The highest BCUT2D eigenvalue weighted by molar-refractivity contribution is 5.75. The number of fused-ring (bicyclic) bond motifs is 1. The van der Waals surface area contributed by atoms with Crippen molar-refractivity contribution in [2.45, 2.75) is 6.67 Å². The van der Waals surface area contributed by atoms with Gasteiger partial charge in [-0.3, -0.25) is 10.1 Å². The maximum absolute atomic E-state index is 10.6. The second-order valence-electron chi connectivity index (χ2n) is 4.34. The number of para-hydroxylation sites is 2. The van der Waals surface area contributed by atoms with Crippen LogP contribution in [0.25, 0.3) is 11.0 Å². The van der Waals surface area contributed by atoms with Crippen LogP contribution in [0, 0.1) is 10.1 Å². The Hall–Kier alpha value is -2.89. The normalized spacial score (nSPS) is 10.6. The molecule has 0 unspecified atom stereocenters. The van der Waals surface area contributed by atoms with Crippen LogP contribution in [-0.2, 0) is 6.67 Å². The van der Waals surface area contributed by atoms with Gasteiger partial charge < -0.3 is 9.88 Å². The van der Waals surface area contributed by atoms with E-state index in [-0.39, 0.29) is 5.69 Å². The molecule has 0 aliphatic heterocycles. The molecule has 0 aliphatic carbocycles. The fourth-order valence-electron chi connectivity index (χ4n) is 2.01. The Morgan fingerprint density at radius 3 is 2.65 bits per heavy atom. The first-order chi connectivity index (χ1) is 9.74. The van der Waals surface area contributed by atoms with Crippen molar-refractivity contribution in [3.05, 3.63) is 65.0 Å². The summed E-state index contributed by atoms with van der Waals surface area (Å²) in [6.45, 7) is 0.554. The summed E-state index contributed by atoms with van der Waals surface area (Å²) >= 11 is 0. The van der Waals surface area contributed by atoms with Gasteiger partial charge in [-0.1, -0.05) is 12.1 Å². The lowest BCUT2D eigenvalue weighted by atomic mass is 10.3. The molecule has 0 bridgehead atoms. The predicted octanol–water partition coefficient (Wildman–Crippen LogP) is 3.01. The van der Waals surface area contributed by atoms with Crippen LogP contribution in [0.4, 0.5) is 11.4 Å². The number of benzene rings is 2. The Balaban J connectivity index is 1.74. The fourth-order valence-corrected chi connectivity index (χ4v) is 2.01. The maximum atomic E-state index is 10.6. The van der Waals surface area contributed by atoms with Gasteiger partial charge in [0, 0.05) is 17.8 Å². The Kier molecular flexibility index (Phi) is 3.04. The summed E-state index contributed by atoms with van der Waals surface area (Å²) in [5.41, 5.74) is 2.90. The van der Waals surface area contributed by atoms with Crippen LogP contribution in [0.15, 0.2) is 54.9 Å². The Labute approximate surface area is 114 Å². The number of nitro groups is 1. The van der Waals surface area contributed by atoms with Crippen LogP contribution < -0.4 is 5.32 Å². The molecule has 0 radical (unpaired) electrons. The van der Waals surface area contributed by atoms with Crippen molar-refractivity contribution in [1.82, 2.24) is 9.55 Å². The molecular weight excluding hydrogens is 256 g/mol. The lowest BCUT2D eigenvalue weighted by Gasteiger charge is -2.08. The highest BCUT2D eigenvalue weighted by atomic mass is 16.6. The molecule has 0 fully saturated rings. The molecule has 1 aromatic heterocycles. The zero-order valence-electron chi connectivity index (χ0n) is 10.6. The average molecular weight is 268 g/mol. The number of hydrogen-bond acceptors (Lipinski definition) is 4. The molecule has 2 aromatic carbocycles. The molecule has 3 aromatic rings. The number of hydrogen-bond donors (Lipinski definition) is 1. The van der Waals surface area contributed by atoms with Gasteiger partial charge in [0.05, 0.1) is 29.0 Å². The van der Waals surface area contributed by atoms with Crippen molar-refractivity contribution in [1.29, 1.82) is 0 Å². The molecule has 0 atom stereocenters. The predicted molar refractivity (Wildman–Crippen MR) is 76.5 cm³/mol. The van der Waals surface area contributed by atoms with E-state index in [1.807, 2.05) is 28.8 Å². The summed E-state index contributed by atoms with van der Waals surface area (Å²) < 4.78 is 1.98. The zero-order chi connectivity index (χ0) is 13.9. The number of nitrogens with one attached hydrogen (secondary N) is 1. The van der Waals surface area contributed by atoms with E-state index in [4.69, 9.17) is 0 Å². The molecule has 20 heavy (non-hydrogen) atoms. The maximum Gasteiger partial charge on any atom is 0.269 e. The first-order valence-corrected chi connectivity index (χ1v) is 6.12. The van der Waals surface area contributed by atoms with Gasteiger partial charge in [-0.05, 0) is 24.3 Å². The molecule has 0 spiro atoms. The van der Waals surface area contributed by atoms with Gasteiger partial charge in [-0.25, -0.2) is 4.98 Å². The minimum absolute atomic E-state index is 0.0867. The topological polar surface area (TPSA) is 73.0 Å². The molecule has 0 saturated carbocycles. The van der Waals surface area contributed by atoms with Gasteiger partial charge in [-0.15, -0.1) is 0 Å². The van der Waals surface area contributed by atoms with Gasteiger partial charge in [0.1, 0.15) is 0 Å². The zero-order valence-corrected chi connectivity index (χ0v) is 10.6. The molecule has 3 rings (SSSR count). The van der Waals surface area contributed by atoms with E-state index in [9.17, 15) is 10.1 Å². The van der Waals surface area contributed by atoms with Gasteiger partial charge in [0.25, 0.3) is 5.69 Å². The van der Waals surface area contributed by atoms with Crippen molar-refractivity contribution in [3.63, 3.8) is 0 Å². The van der Waals surface area contributed by atoms with Gasteiger partial charge in [-0.2, -0.15) is 0 Å². The van der Waals surface area contributed by atoms with Crippen LogP contribution in [0.1, 0.15) is 0 Å². The number of non-ortho nitro benzene ring substituents is 1. The van der Waals surface area contributed by atoms with E-state index >= 15 is 0 Å². The Bertz CT molecular complexity index is 749. The molecular formula is C14H12N4O2. The molecule has 100 valence electrons. The molecule has 6 nitrogen and oxygen atoms in total. The second kappa shape index (κ2) is 5.00. The number of rotatable bonds is 4. The van der Waals surface area contributed by atoms with Gasteiger partial charge in [0.15, 0.2) is 0 Å². The number of nitro benzene ring substituents is 1. The van der Waals surface area contributed by atoms with Crippen molar-refractivity contribution >= 4 is 22.4 Å². The first-order valence-electron chi connectivity index (χ1n) is 6.12. The van der Waals surface area contributed by atoms with Crippen molar-refractivity contribution in [2.24, 2.45) is 0 Å². The van der Waals surface area contributed by atoms with Crippen LogP contribution in [-0.4, -0.2) is 14.5 Å². The highest BCUT2D eigenvalue weighted by Crippen LogP contribution is 2.16. The number of imidazole rings is 1. The second-order valence-corrected chi connectivity index (χ2v) is 4.34. The third kappa shape index (κ3) is 2.31. The molecule has 0 amide bonds. The average Bonchev–Trinajstić information content (AvgIpc) is 2.89. The first kappa shape index (κ1) is 12.2. The highest BCUT2D eigenvalue weighted by Gasteiger charge is 2.04. The van der Waals surface area contributed by atoms with E-state index in [0.717, 1.165) is 16.7 Å². The monoisotopic (exact) mass is 268 g/mol. The van der Waals surface area contributed by atoms with Crippen LogP contribution in [0.3, 0.4) is 0 Å². The quantitative estimate of drug-likeness (QED) is 0.583. The van der Waals surface area contributed by atoms with Crippen molar-refractivity contribution in [3.8, 4) is 0 Å². The summed E-state index contributed by atoms with van der Waals surface area (Å²) in [5.74, 6) is 0. The number of anilines is 1. The summed E-state index contributed by atoms with van der Waals surface area (Å²) in [4.78, 5) is 14.5. The number of aromatic nitrogens is 2. The molecule has 1 heterocycles. The SMILES string of the molecule is O=[N+]([O-])c1ccc(NCn2cnc3ccccc32)cc1. The molecule has 1 N–H and O–H groups in total. The van der Waals surface area contributed by atoms with Crippen molar-refractivity contribution < 1.29 is 4.92 Å². The largest absolute Gasteiger partial charge is 0.367 e. The van der Waals surface area contributed by atoms with E-state index in [1.54, 1.807) is 18.5 Å². The Morgan fingerprint density at radius 2 is 1.90 bits per heavy atom. The van der Waals surface area contributed by atoms with E-state index in [2.05, 4.69) is 10.3 Å². The lowest BCUT2D eigenvalue weighted by Crippen LogP contribution is -2.06. The summed E-state index contributed by atoms with van der Waals surface area (Å²) in [5, 5.41) is 13.8. The lowest BCUT2D eigenvalue weighted by molar-refractivity contribution is -0.384. The summed E-state index contributed by atoms with van der Waals surface area (Å²) in [6.07, 6.45) is 1.77. The summed E-state index contributed by atoms with van der Waals surface area (Å²) in [7, 11) is 0. The minimum atomic E-state index is -0.410. The van der Waals surface area contributed by atoms with Gasteiger partial charge >= 0.3 is 0 Å². The van der Waals surface area contributed by atoms with Crippen molar-refractivity contribution in [2.75, 3.05) is 5.32 Å². The van der Waals surface area contributed by atoms with Crippen LogP contribution >= 0.6 is 0 Å². The third-order valence-corrected chi connectivity index (χ3v) is 3.06. The van der Waals surface area contributed by atoms with Crippen LogP contribution in [0.2, 0.25) is 0 Å². The smallest absolute Gasteiger partial charge is 0.269 e. The van der Waals surface area contributed by atoms with E-state index in [1.165, 1.54) is 12.1 Å². The Morgan fingerprint density at radius 1 is 1.15 bits per heavy atom. The minimum Gasteiger partial charge on any atom is -0.367 e. The van der Waals surface area contributed by atoms with E-state index in [0.29, 0.717) is 6.67 Å². The number of nitrogens with zero attached hydrogens (tertiary/aromatic N) is 3. The van der Waals surface area contributed by atoms with E-state index < -0.39 is 4.92 Å². The fraction of sp³-hybridized carbons (Fsp3) is 0.0714. The van der Waals surface area contributed by atoms with Gasteiger partial charge in [0.2, 0.25) is 0 Å².